The summed E-state index contributed by atoms with van der Waals surface area (Å²) in [6.45, 7) is 6.36. The van der Waals surface area contributed by atoms with Gasteiger partial charge in [-0.2, -0.15) is 0 Å². The standard InChI is InChI=1S/C62H109NO5/c1-4-7-10-13-16-19-22-25-27-29-30-32-34-37-40-43-46-49-52-55-62(67)68-58(53-50-47-44-41-38-36-33-31-28-26-23-20-17-14-11-8-5-2)56-61(66)63-59(57-64)60(65)54-51-48-45-42-39-35-24-21-18-15-12-9-6-3/h7,10,16,19,25-28,30,32,37,40,46,49,58-60,64-65H,4-6,8-9,11-15,17-18,20-24,29,31,33-36,38-39,41-45,47-48,50-57H2,1-3H3,(H,63,66)/b10-7-,19-16-,27-25-,28-26+,32-30-,40-37-,49-46-. The number of unbranched alkanes of at least 4 members (excludes halogenated alkanes) is 25. The Balaban J connectivity index is 4.70. The van der Waals surface area contributed by atoms with Crippen LogP contribution >= 0.6 is 0 Å². The summed E-state index contributed by atoms with van der Waals surface area (Å²) in [4.78, 5) is 26.2. The number of rotatable bonds is 51. The van der Waals surface area contributed by atoms with Crippen LogP contribution in [0.5, 0.6) is 0 Å². The molecule has 0 spiro atoms. The van der Waals surface area contributed by atoms with Crippen LogP contribution in [-0.2, 0) is 14.3 Å². The van der Waals surface area contributed by atoms with Crippen molar-refractivity contribution in [3.63, 3.8) is 0 Å². The number of ether oxygens (including phenoxy) is 1. The monoisotopic (exact) mass is 948 g/mol. The fraction of sp³-hybridized carbons (Fsp3) is 0.742. The van der Waals surface area contributed by atoms with E-state index < -0.39 is 18.2 Å². The molecule has 1 amide bonds. The first-order valence-electron chi connectivity index (χ1n) is 28.8. The molecule has 0 aromatic carbocycles. The topological polar surface area (TPSA) is 95.9 Å². The van der Waals surface area contributed by atoms with Gasteiger partial charge in [-0.15, -0.1) is 0 Å². The van der Waals surface area contributed by atoms with Crippen LogP contribution in [0.2, 0.25) is 0 Å². The fourth-order valence-electron chi connectivity index (χ4n) is 8.39. The maximum absolute atomic E-state index is 13.3. The summed E-state index contributed by atoms with van der Waals surface area (Å²) >= 11 is 0. The van der Waals surface area contributed by atoms with Crippen LogP contribution < -0.4 is 5.32 Å². The molecule has 3 atom stereocenters. The van der Waals surface area contributed by atoms with E-state index in [1.54, 1.807) is 0 Å². The van der Waals surface area contributed by atoms with Gasteiger partial charge in [0.25, 0.3) is 0 Å². The maximum Gasteiger partial charge on any atom is 0.306 e. The highest BCUT2D eigenvalue weighted by Crippen LogP contribution is 2.18. The minimum atomic E-state index is -0.805. The first-order chi connectivity index (χ1) is 33.5. The molecule has 0 aromatic heterocycles. The first-order valence-corrected chi connectivity index (χ1v) is 28.8. The molecule has 6 heteroatoms. The summed E-state index contributed by atoms with van der Waals surface area (Å²) in [6, 6.07) is -0.722. The number of carbonyl (C=O) groups is 2. The number of aliphatic hydroxyl groups excluding tert-OH is 2. The van der Waals surface area contributed by atoms with E-state index in [0.717, 1.165) is 77.0 Å². The lowest BCUT2D eigenvalue weighted by molar-refractivity contribution is -0.150. The second-order valence-corrected chi connectivity index (χ2v) is 19.3. The number of esters is 1. The Morgan fingerprint density at radius 3 is 1.21 bits per heavy atom. The lowest BCUT2D eigenvalue weighted by Gasteiger charge is -2.24. The van der Waals surface area contributed by atoms with Gasteiger partial charge in [-0.25, -0.2) is 0 Å². The van der Waals surface area contributed by atoms with Crippen molar-refractivity contribution in [2.75, 3.05) is 6.61 Å². The van der Waals surface area contributed by atoms with Gasteiger partial charge < -0.3 is 20.3 Å². The molecule has 392 valence electrons. The van der Waals surface area contributed by atoms with Gasteiger partial charge in [-0.3, -0.25) is 9.59 Å². The predicted octanol–water partition coefficient (Wildman–Crippen LogP) is 17.9. The highest BCUT2D eigenvalue weighted by atomic mass is 16.5. The van der Waals surface area contributed by atoms with E-state index in [0.29, 0.717) is 19.3 Å². The van der Waals surface area contributed by atoms with Crippen LogP contribution in [0.15, 0.2) is 85.1 Å². The number of carbonyl (C=O) groups excluding carboxylic acids is 2. The Morgan fingerprint density at radius 2 is 0.794 bits per heavy atom. The Bertz CT molecular complexity index is 1290. The number of aliphatic hydroxyl groups is 2. The van der Waals surface area contributed by atoms with Crippen molar-refractivity contribution in [3.05, 3.63) is 85.1 Å². The Kier molecular flexibility index (Phi) is 52.6. The molecule has 0 saturated heterocycles. The molecule has 0 aliphatic heterocycles. The molecule has 0 saturated carbocycles. The zero-order valence-electron chi connectivity index (χ0n) is 44.7. The molecule has 0 heterocycles. The van der Waals surface area contributed by atoms with Gasteiger partial charge in [0.1, 0.15) is 6.10 Å². The highest BCUT2D eigenvalue weighted by Gasteiger charge is 2.24. The van der Waals surface area contributed by atoms with E-state index >= 15 is 0 Å². The van der Waals surface area contributed by atoms with Crippen molar-refractivity contribution in [1.82, 2.24) is 5.32 Å². The lowest BCUT2D eigenvalue weighted by Crippen LogP contribution is -2.46. The summed E-state index contributed by atoms with van der Waals surface area (Å²) in [5.74, 6) is -0.575. The number of hydrogen-bond acceptors (Lipinski definition) is 5. The van der Waals surface area contributed by atoms with Gasteiger partial charge in [0.2, 0.25) is 5.91 Å². The zero-order chi connectivity index (χ0) is 49.5. The Hall–Kier alpha value is -2.96. The van der Waals surface area contributed by atoms with Gasteiger partial charge in [0.05, 0.1) is 25.2 Å². The average molecular weight is 949 g/mol. The summed E-state index contributed by atoms with van der Waals surface area (Å²) < 4.78 is 5.92. The smallest absolute Gasteiger partial charge is 0.306 e. The van der Waals surface area contributed by atoms with Crippen LogP contribution in [-0.4, -0.2) is 46.9 Å². The lowest BCUT2D eigenvalue weighted by atomic mass is 10.0. The molecular weight excluding hydrogens is 839 g/mol. The van der Waals surface area contributed by atoms with Gasteiger partial charge in [-0.1, -0.05) is 254 Å². The van der Waals surface area contributed by atoms with Gasteiger partial charge >= 0.3 is 5.97 Å². The third-order valence-corrected chi connectivity index (χ3v) is 12.7. The molecule has 3 N–H and O–H groups in total. The molecule has 3 unspecified atom stereocenters. The Morgan fingerprint density at radius 1 is 0.441 bits per heavy atom. The minimum Gasteiger partial charge on any atom is -0.462 e. The van der Waals surface area contributed by atoms with Gasteiger partial charge in [-0.05, 0) is 89.9 Å². The zero-order valence-corrected chi connectivity index (χ0v) is 44.7. The van der Waals surface area contributed by atoms with E-state index in [1.165, 1.54) is 141 Å². The largest absolute Gasteiger partial charge is 0.462 e. The molecule has 0 bridgehead atoms. The van der Waals surface area contributed by atoms with Crippen LogP contribution in [0, 0.1) is 0 Å². The second-order valence-electron chi connectivity index (χ2n) is 19.3. The van der Waals surface area contributed by atoms with Gasteiger partial charge in [0, 0.05) is 6.42 Å². The average Bonchev–Trinajstić information content (AvgIpc) is 3.33. The predicted molar refractivity (Wildman–Crippen MR) is 296 cm³/mol. The van der Waals surface area contributed by atoms with Crippen molar-refractivity contribution >= 4 is 11.9 Å². The first kappa shape index (κ1) is 65.0. The summed E-state index contributed by atoms with van der Waals surface area (Å²) in [6.07, 6.45) is 72.2. The number of amides is 1. The SMILES string of the molecule is CC/C=C\C/C=C\C/C=C\C/C=C\C/C=C\C/C=C\CCC(=O)OC(CCCCCCCCC/C=C/CCCCCCCC)CC(=O)NC(CO)C(O)CCCCCCCCCCCCCCC. The second kappa shape index (κ2) is 55.0. The Labute approximate surface area is 421 Å². The molecule has 6 nitrogen and oxygen atoms in total. The summed E-state index contributed by atoms with van der Waals surface area (Å²) in [7, 11) is 0. The fourth-order valence-corrected chi connectivity index (χ4v) is 8.39. The van der Waals surface area contributed by atoms with Crippen molar-refractivity contribution in [2.45, 2.75) is 289 Å². The summed E-state index contributed by atoms with van der Waals surface area (Å²) in [5, 5.41) is 23.8. The molecule has 0 aliphatic carbocycles. The van der Waals surface area contributed by atoms with Crippen molar-refractivity contribution < 1.29 is 24.5 Å². The van der Waals surface area contributed by atoms with E-state index in [-0.39, 0.29) is 31.3 Å². The number of hydrogen-bond donors (Lipinski definition) is 3. The van der Waals surface area contributed by atoms with Crippen LogP contribution in [0.4, 0.5) is 0 Å². The number of allylic oxidation sites excluding steroid dienone is 14. The van der Waals surface area contributed by atoms with E-state index in [9.17, 15) is 19.8 Å². The molecule has 68 heavy (non-hydrogen) atoms. The molecule has 0 aromatic rings. The minimum absolute atomic E-state index is 0.0417. The third-order valence-electron chi connectivity index (χ3n) is 12.7. The summed E-state index contributed by atoms with van der Waals surface area (Å²) in [5.41, 5.74) is 0. The molecule has 0 rings (SSSR count). The van der Waals surface area contributed by atoms with Crippen molar-refractivity contribution in [2.24, 2.45) is 0 Å². The third kappa shape index (κ3) is 49.5. The van der Waals surface area contributed by atoms with Crippen molar-refractivity contribution in [1.29, 1.82) is 0 Å². The van der Waals surface area contributed by atoms with Crippen LogP contribution in [0.25, 0.3) is 0 Å². The molecular formula is C62H109NO5. The van der Waals surface area contributed by atoms with E-state index in [4.69, 9.17) is 4.74 Å². The van der Waals surface area contributed by atoms with Crippen molar-refractivity contribution in [3.8, 4) is 0 Å². The van der Waals surface area contributed by atoms with Crippen LogP contribution in [0.3, 0.4) is 0 Å². The van der Waals surface area contributed by atoms with E-state index in [2.05, 4.69) is 105 Å². The van der Waals surface area contributed by atoms with Crippen LogP contribution in [0.1, 0.15) is 271 Å². The maximum atomic E-state index is 13.3. The molecule has 0 aliphatic rings. The number of nitrogens with one attached hydrogen (secondary N) is 1. The highest BCUT2D eigenvalue weighted by molar-refractivity contribution is 5.77. The molecule has 0 fully saturated rings. The van der Waals surface area contributed by atoms with E-state index in [1.807, 2.05) is 6.08 Å². The quantitative estimate of drug-likeness (QED) is 0.0321. The normalized spacial score (nSPS) is 13.8. The molecule has 0 radical (unpaired) electrons. The van der Waals surface area contributed by atoms with Gasteiger partial charge in [0.15, 0.2) is 0 Å².